The van der Waals surface area contributed by atoms with Crippen LogP contribution in [0.4, 0.5) is 0 Å². The lowest BCUT2D eigenvalue weighted by atomic mass is 9.96. The van der Waals surface area contributed by atoms with Gasteiger partial charge in [-0.1, -0.05) is 6.92 Å². The minimum Gasteiger partial charge on any atom is -0.394 e. The van der Waals surface area contributed by atoms with Crippen LogP contribution >= 0.6 is 0 Å². The molecule has 4 nitrogen and oxygen atoms in total. The number of hydrogen-bond acceptors (Lipinski definition) is 4. The predicted molar refractivity (Wildman–Crippen MR) is 81.9 cm³/mol. The number of aliphatic hydroxyl groups excluding tert-OH is 1. The van der Waals surface area contributed by atoms with Gasteiger partial charge in [-0.2, -0.15) is 0 Å². The quantitative estimate of drug-likeness (QED) is 0.713. The average molecular weight is 284 g/mol. The molecule has 20 heavy (non-hydrogen) atoms. The summed E-state index contributed by atoms with van der Waals surface area (Å²) in [5.41, 5.74) is -0.0964. The van der Waals surface area contributed by atoms with Gasteiger partial charge in [0.25, 0.3) is 0 Å². The van der Waals surface area contributed by atoms with E-state index in [1.54, 1.807) is 0 Å². The molecule has 2 aliphatic rings. The van der Waals surface area contributed by atoms with Gasteiger partial charge in [0, 0.05) is 24.2 Å². The first-order chi connectivity index (χ1) is 9.56. The summed E-state index contributed by atoms with van der Waals surface area (Å²) in [6, 6.07) is 1.22. The fraction of sp³-hybridized carbons (Fsp3) is 1.00. The smallest absolute Gasteiger partial charge is 0.0674 e. The lowest BCUT2D eigenvalue weighted by molar-refractivity contribution is -0.0567. The molecule has 0 aromatic heterocycles. The second kappa shape index (κ2) is 7.21. The molecule has 1 aliphatic heterocycles. The molecule has 2 rings (SSSR count). The number of nitrogens with one attached hydrogen (secondary N) is 1. The molecule has 3 unspecified atom stereocenters. The molecule has 1 saturated heterocycles. The maximum atomic E-state index is 9.64. The van der Waals surface area contributed by atoms with Crippen LogP contribution < -0.4 is 5.32 Å². The second-order valence-corrected chi connectivity index (χ2v) is 6.94. The van der Waals surface area contributed by atoms with Crippen molar-refractivity contribution in [2.45, 2.75) is 76.6 Å². The number of ether oxygens (including phenoxy) is 1. The Bertz CT molecular complexity index is 296. The van der Waals surface area contributed by atoms with Crippen molar-refractivity contribution < 1.29 is 9.84 Å². The Morgan fingerprint density at radius 2 is 2.15 bits per heavy atom. The first-order valence-electron chi connectivity index (χ1n) is 8.30. The Kier molecular flexibility index (Phi) is 5.84. The summed E-state index contributed by atoms with van der Waals surface area (Å²) < 4.78 is 5.75. The van der Waals surface area contributed by atoms with Gasteiger partial charge in [-0.15, -0.1) is 0 Å². The zero-order chi connectivity index (χ0) is 14.6. The summed E-state index contributed by atoms with van der Waals surface area (Å²) in [7, 11) is 0. The van der Waals surface area contributed by atoms with Crippen LogP contribution in [0.25, 0.3) is 0 Å². The van der Waals surface area contributed by atoms with Gasteiger partial charge in [-0.3, -0.25) is 4.90 Å². The topological polar surface area (TPSA) is 44.7 Å². The Hall–Kier alpha value is -0.160. The first kappa shape index (κ1) is 16.2. The Morgan fingerprint density at radius 3 is 2.75 bits per heavy atom. The van der Waals surface area contributed by atoms with Crippen molar-refractivity contribution in [2.75, 3.05) is 26.3 Å². The molecule has 3 atom stereocenters. The molecule has 2 fully saturated rings. The fourth-order valence-electron chi connectivity index (χ4n) is 3.15. The zero-order valence-corrected chi connectivity index (χ0v) is 13.4. The van der Waals surface area contributed by atoms with Gasteiger partial charge < -0.3 is 15.2 Å². The van der Waals surface area contributed by atoms with Crippen molar-refractivity contribution in [1.29, 1.82) is 0 Å². The Balaban J connectivity index is 1.74. The lowest BCUT2D eigenvalue weighted by Gasteiger charge is -2.39. The van der Waals surface area contributed by atoms with Crippen LogP contribution in [0, 0.1) is 0 Å². The van der Waals surface area contributed by atoms with Gasteiger partial charge in [0.05, 0.1) is 19.3 Å². The van der Waals surface area contributed by atoms with E-state index in [2.05, 4.69) is 31.0 Å². The second-order valence-electron chi connectivity index (χ2n) is 6.94. The van der Waals surface area contributed by atoms with Crippen LogP contribution in [0.2, 0.25) is 0 Å². The van der Waals surface area contributed by atoms with Crippen LogP contribution in [0.3, 0.4) is 0 Å². The summed E-state index contributed by atoms with van der Waals surface area (Å²) in [6.07, 6.45) is 6.24. The zero-order valence-electron chi connectivity index (χ0n) is 13.4. The highest BCUT2D eigenvalue weighted by molar-refractivity contribution is 4.92. The monoisotopic (exact) mass is 284 g/mol. The van der Waals surface area contributed by atoms with E-state index >= 15 is 0 Å². The van der Waals surface area contributed by atoms with Gasteiger partial charge in [0.2, 0.25) is 0 Å². The lowest BCUT2D eigenvalue weighted by Crippen LogP contribution is -2.50. The molecular formula is C16H32N2O2. The highest BCUT2D eigenvalue weighted by atomic mass is 16.5. The van der Waals surface area contributed by atoms with Crippen molar-refractivity contribution in [3.63, 3.8) is 0 Å². The average Bonchev–Trinajstić information content (AvgIpc) is 3.23. The molecule has 0 bridgehead atoms. The van der Waals surface area contributed by atoms with E-state index in [0.29, 0.717) is 18.2 Å². The van der Waals surface area contributed by atoms with E-state index in [1.807, 2.05) is 0 Å². The summed E-state index contributed by atoms with van der Waals surface area (Å²) in [6.45, 7) is 9.83. The van der Waals surface area contributed by atoms with Crippen LogP contribution in [-0.2, 0) is 4.74 Å². The van der Waals surface area contributed by atoms with E-state index in [9.17, 15) is 5.11 Å². The molecule has 2 N–H and O–H groups in total. The van der Waals surface area contributed by atoms with Crippen molar-refractivity contribution in [3.05, 3.63) is 0 Å². The van der Waals surface area contributed by atoms with Gasteiger partial charge in [0.15, 0.2) is 0 Å². The van der Waals surface area contributed by atoms with Crippen molar-refractivity contribution in [1.82, 2.24) is 10.2 Å². The van der Waals surface area contributed by atoms with Gasteiger partial charge in [-0.05, 0) is 52.5 Å². The minimum absolute atomic E-state index is 0.0964. The molecule has 4 heteroatoms. The highest BCUT2D eigenvalue weighted by Crippen LogP contribution is 2.25. The summed E-state index contributed by atoms with van der Waals surface area (Å²) >= 11 is 0. The predicted octanol–water partition coefficient (Wildman–Crippen LogP) is 1.77. The summed E-state index contributed by atoms with van der Waals surface area (Å²) in [5, 5.41) is 13.2. The molecule has 1 heterocycles. The van der Waals surface area contributed by atoms with Crippen LogP contribution in [0.1, 0.15) is 52.9 Å². The third-order valence-electron chi connectivity index (χ3n) is 4.71. The number of nitrogens with zero attached hydrogens (tertiary/aromatic N) is 1. The molecule has 0 radical (unpaired) electrons. The molecule has 118 valence electrons. The van der Waals surface area contributed by atoms with Crippen LogP contribution in [0.5, 0.6) is 0 Å². The Morgan fingerprint density at radius 1 is 1.40 bits per heavy atom. The van der Waals surface area contributed by atoms with Crippen molar-refractivity contribution in [3.8, 4) is 0 Å². The third kappa shape index (κ3) is 4.69. The van der Waals surface area contributed by atoms with E-state index in [4.69, 9.17) is 4.74 Å². The van der Waals surface area contributed by atoms with Gasteiger partial charge in [-0.25, -0.2) is 0 Å². The van der Waals surface area contributed by atoms with E-state index < -0.39 is 0 Å². The molecule has 0 aromatic rings. The van der Waals surface area contributed by atoms with Crippen molar-refractivity contribution >= 4 is 0 Å². The summed E-state index contributed by atoms with van der Waals surface area (Å²) in [4.78, 5) is 2.57. The molecule has 1 aliphatic carbocycles. The molecular weight excluding hydrogens is 252 g/mol. The maximum absolute atomic E-state index is 9.64. The van der Waals surface area contributed by atoms with E-state index in [1.165, 1.54) is 12.8 Å². The van der Waals surface area contributed by atoms with Crippen LogP contribution in [0.15, 0.2) is 0 Å². The normalized spacial score (nSPS) is 31.2. The van der Waals surface area contributed by atoms with E-state index in [0.717, 1.165) is 39.0 Å². The van der Waals surface area contributed by atoms with Gasteiger partial charge >= 0.3 is 0 Å². The van der Waals surface area contributed by atoms with Crippen molar-refractivity contribution in [2.24, 2.45) is 0 Å². The molecule has 0 spiro atoms. The minimum atomic E-state index is -0.0964. The molecule has 0 aromatic carbocycles. The standard InChI is InChI=1S/C16H32N2O2/c1-4-15-11-20-13(2)10-18(15)9-5-8-16(3,12-19)17-14-6-7-14/h13-15,17,19H,4-12H2,1-3H3. The fourth-order valence-corrected chi connectivity index (χ4v) is 3.15. The highest BCUT2D eigenvalue weighted by Gasteiger charge is 2.32. The SMILES string of the molecule is CCC1COC(C)CN1CCCC(C)(CO)NC1CC1. The largest absolute Gasteiger partial charge is 0.394 e. The number of hydrogen-bond donors (Lipinski definition) is 2. The maximum Gasteiger partial charge on any atom is 0.0674 e. The number of aliphatic hydroxyl groups is 1. The number of morpholine rings is 1. The molecule has 1 saturated carbocycles. The Labute approximate surface area is 123 Å². The molecule has 0 amide bonds. The summed E-state index contributed by atoms with van der Waals surface area (Å²) in [5.74, 6) is 0. The van der Waals surface area contributed by atoms with Gasteiger partial charge in [0.1, 0.15) is 0 Å². The van der Waals surface area contributed by atoms with Crippen LogP contribution in [-0.4, -0.2) is 60.0 Å². The van der Waals surface area contributed by atoms with E-state index in [-0.39, 0.29) is 12.1 Å². The number of rotatable bonds is 8. The first-order valence-corrected chi connectivity index (χ1v) is 8.30. The third-order valence-corrected chi connectivity index (χ3v) is 4.71.